The highest BCUT2D eigenvalue weighted by atomic mass is 16.5. The molecule has 1 aliphatic heterocycles. The van der Waals surface area contributed by atoms with Crippen LogP contribution in [0.3, 0.4) is 0 Å². The fraction of sp³-hybridized carbons (Fsp3) is 0.556. The lowest BCUT2D eigenvalue weighted by atomic mass is 10.0. The van der Waals surface area contributed by atoms with Crippen molar-refractivity contribution < 1.29 is 13.9 Å². The number of carbonyl (C=O) groups excluding carboxylic acids is 1. The number of ether oxygens (including phenoxy) is 1. The van der Waals surface area contributed by atoms with Gasteiger partial charge in [-0.15, -0.1) is 0 Å². The third-order valence-corrected chi connectivity index (χ3v) is 5.12. The Kier molecular flexibility index (Phi) is 4.35. The summed E-state index contributed by atoms with van der Waals surface area (Å²) < 4.78 is 13.3. The van der Waals surface area contributed by atoms with Crippen molar-refractivity contribution in [1.82, 2.24) is 20.0 Å². The Morgan fingerprint density at radius 2 is 2.20 bits per heavy atom. The second-order valence-electron chi connectivity index (χ2n) is 6.90. The van der Waals surface area contributed by atoms with Crippen LogP contribution in [-0.4, -0.2) is 53.4 Å². The summed E-state index contributed by atoms with van der Waals surface area (Å²) in [6.45, 7) is 1.96. The van der Waals surface area contributed by atoms with E-state index in [0.29, 0.717) is 24.6 Å². The van der Waals surface area contributed by atoms with Gasteiger partial charge >= 0.3 is 0 Å². The van der Waals surface area contributed by atoms with E-state index in [1.165, 1.54) is 0 Å². The van der Waals surface area contributed by atoms with Crippen molar-refractivity contribution in [3.63, 3.8) is 0 Å². The van der Waals surface area contributed by atoms with Gasteiger partial charge in [-0.05, 0) is 32.0 Å². The lowest BCUT2D eigenvalue weighted by Crippen LogP contribution is -2.48. The van der Waals surface area contributed by atoms with Crippen LogP contribution in [0.1, 0.15) is 46.6 Å². The molecule has 134 valence electrons. The van der Waals surface area contributed by atoms with Gasteiger partial charge in [0.15, 0.2) is 0 Å². The molecule has 0 radical (unpaired) electrons. The summed E-state index contributed by atoms with van der Waals surface area (Å²) in [5.41, 5.74) is 1.74. The van der Waals surface area contributed by atoms with Crippen LogP contribution < -0.4 is 5.32 Å². The van der Waals surface area contributed by atoms with E-state index in [1.54, 1.807) is 18.5 Å². The zero-order chi connectivity index (χ0) is 17.4. The van der Waals surface area contributed by atoms with Crippen LogP contribution >= 0.6 is 0 Å². The van der Waals surface area contributed by atoms with E-state index in [2.05, 4.69) is 22.4 Å². The highest BCUT2D eigenvalue weighted by Gasteiger charge is 2.35. The molecule has 2 aliphatic rings. The number of hydrogen-bond acceptors (Lipinski definition) is 5. The number of aromatic nitrogens is 2. The molecule has 2 atom stereocenters. The fourth-order valence-corrected chi connectivity index (χ4v) is 3.58. The molecule has 0 aromatic carbocycles. The first kappa shape index (κ1) is 16.4. The summed E-state index contributed by atoms with van der Waals surface area (Å²) in [7, 11) is 4.01. The predicted octanol–water partition coefficient (Wildman–Crippen LogP) is 1.69. The first-order valence-corrected chi connectivity index (χ1v) is 8.80. The topological polar surface area (TPSA) is 72.5 Å². The van der Waals surface area contributed by atoms with E-state index in [1.807, 2.05) is 17.8 Å². The fourth-order valence-electron chi connectivity index (χ4n) is 3.58. The lowest BCUT2D eigenvalue weighted by molar-refractivity contribution is -0.0629. The minimum absolute atomic E-state index is 0.0637. The third kappa shape index (κ3) is 3.21. The number of nitrogens with one attached hydrogen (secondary N) is 1. The maximum absolute atomic E-state index is 12.6. The van der Waals surface area contributed by atoms with E-state index in [-0.39, 0.29) is 18.1 Å². The molecule has 0 unspecified atom stereocenters. The van der Waals surface area contributed by atoms with Crippen LogP contribution in [0, 0.1) is 0 Å². The molecule has 1 saturated heterocycles. The summed E-state index contributed by atoms with van der Waals surface area (Å²) in [4.78, 5) is 14.8. The highest BCUT2D eigenvalue weighted by molar-refractivity contribution is 5.95. The van der Waals surface area contributed by atoms with Gasteiger partial charge in [0.05, 0.1) is 36.3 Å². The monoisotopic (exact) mass is 344 g/mol. The molecule has 2 aromatic rings. The molecule has 0 bridgehead atoms. The Hall–Kier alpha value is -2.12. The average molecular weight is 344 g/mol. The molecular weight excluding hydrogens is 320 g/mol. The van der Waals surface area contributed by atoms with Crippen molar-refractivity contribution in [3.8, 4) is 0 Å². The molecule has 1 aliphatic carbocycles. The summed E-state index contributed by atoms with van der Waals surface area (Å²) >= 11 is 0. The number of aryl methyl sites for hydroxylation is 1. The molecule has 7 nitrogen and oxygen atoms in total. The van der Waals surface area contributed by atoms with Gasteiger partial charge in [-0.2, -0.15) is 5.10 Å². The number of morpholine rings is 1. The van der Waals surface area contributed by atoms with Crippen LogP contribution in [0.25, 0.3) is 0 Å². The second-order valence-corrected chi connectivity index (χ2v) is 6.90. The van der Waals surface area contributed by atoms with Gasteiger partial charge in [0.2, 0.25) is 0 Å². The van der Waals surface area contributed by atoms with Crippen molar-refractivity contribution in [1.29, 1.82) is 0 Å². The van der Waals surface area contributed by atoms with Gasteiger partial charge in [-0.1, -0.05) is 0 Å². The molecule has 0 spiro atoms. The number of carbonyl (C=O) groups is 1. The molecule has 1 N–H and O–H groups in total. The van der Waals surface area contributed by atoms with E-state index < -0.39 is 0 Å². The normalized spacial score (nSPS) is 24.4. The van der Waals surface area contributed by atoms with Crippen LogP contribution in [-0.2, 0) is 11.8 Å². The van der Waals surface area contributed by atoms with Gasteiger partial charge in [-0.3, -0.25) is 14.4 Å². The molecule has 25 heavy (non-hydrogen) atoms. The maximum atomic E-state index is 12.6. The molecule has 1 amide bonds. The van der Waals surface area contributed by atoms with Crippen LogP contribution in [0.15, 0.2) is 29.0 Å². The molecule has 7 heteroatoms. The smallest absolute Gasteiger partial charge is 0.254 e. The van der Waals surface area contributed by atoms with Crippen molar-refractivity contribution in [2.24, 2.45) is 7.05 Å². The lowest BCUT2D eigenvalue weighted by Gasteiger charge is -2.39. The van der Waals surface area contributed by atoms with Crippen molar-refractivity contribution in [3.05, 3.63) is 41.6 Å². The zero-order valence-electron chi connectivity index (χ0n) is 14.6. The molecule has 3 heterocycles. The van der Waals surface area contributed by atoms with Crippen LogP contribution in [0.2, 0.25) is 0 Å². The van der Waals surface area contributed by atoms with Gasteiger partial charge in [0.25, 0.3) is 5.91 Å². The quantitative estimate of drug-likeness (QED) is 0.894. The Morgan fingerprint density at radius 1 is 1.36 bits per heavy atom. The summed E-state index contributed by atoms with van der Waals surface area (Å²) in [5, 5.41) is 7.30. The number of nitrogens with zero attached hydrogens (tertiary/aromatic N) is 3. The largest absolute Gasteiger partial charge is 0.468 e. The number of hydrogen-bond donors (Lipinski definition) is 1. The van der Waals surface area contributed by atoms with Gasteiger partial charge in [0.1, 0.15) is 5.76 Å². The molecule has 2 aromatic heterocycles. The molecule has 4 rings (SSSR count). The Bertz CT molecular complexity index is 749. The SMILES string of the molecule is CN1CCO[C@@H](CNC(=O)c2ccoc2C2CC2)[C@@H]1c1ccnn1C. The van der Waals surface area contributed by atoms with Gasteiger partial charge < -0.3 is 14.5 Å². The van der Waals surface area contributed by atoms with Crippen LogP contribution in [0.4, 0.5) is 0 Å². The van der Waals surface area contributed by atoms with E-state index in [9.17, 15) is 4.79 Å². The average Bonchev–Trinajstić information content (AvgIpc) is 3.17. The Morgan fingerprint density at radius 3 is 2.92 bits per heavy atom. The number of amides is 1. The first-order valence-electron chi connectivity index (χ1n) is 8.80. The number of likely N-dealkylation sites (N-methyl/N-ethyl adjacent to an activating group) is 1. The van der Waals surface area contributed by atoms with Crippen molar-refractivity contribution >= 4 is 5.91 Å². The molecular formula is C18H24N4O3. The summed E-state index contributed by atoms with van der Waals surface area (Å²) in [5.74, 6) is 1.15. The predicted molar refractivity (Wildman–Crippen MR) is 91.3 cm³/mol. The van der Waals surface area contributed by atoms with Crippen molar-refractivity contribution in [2.75, 3.05) is 26.7 Å². The summed E-state index contributed by atoms with van der Waals surface area (Å²) in [6.07, 6.45) is 5.49. The molecule has 1 saturated carbocycles. The number of furan rings is 1. The van der Waals surface area contributed by atoms with Gasteiger partial charge in [-0.25, -0.2) is 0 Å². The zero-order valence-corrected chi connectivity index (χ0v) is 14.6. The Balaban J connectivity index is 1.46. The standard InChI is InChI=1S/C18H24N4O3/c1-21-8-10-24-15(16(21)14-5-7-20-22(14)2)11-19-18(23)13-6-9-25-17(13)12-3-4-12/h5-7,9,12,15-16H,3-4,8,10-11H2,1-2H3,(H,19,23)/t15-,16-/m0/s1. The first-order chi connectivity index (χ1) is 12.1. The number of rotatable bonds is 5. The summed E-state index contributed by atoms with van der Waals surface area (Å²) in [6, 6.07) is 3.83. The van der Waals surface area contributed by atoms with E-state index >= 15 is 0 Å². The minimum atomic E-state index is -0.116. The second kappa shape index (κ2) is 6.65. The minimum Gasteiger partial charge on any atom is -0.468 e. The maximum Gasteiger partial charge on any atom is 0.254 e. The third-order valence-electron chi connectivity index (χ3n) is 5.12. The van der Waals surface area contributed by atoms with Crippen molar-refractivity contribution in [2.45, 2.75) is 30.9 Å². The van der Waals surface area contributed by atoms with E-state index in [0.717, 1.165) is 30.8 Å². The Labute approximate surface area is 146 Å². The highest BCUT2D eigenvalue weighted by Crippen LogP contribution is 2.42. The van der Waals surface area contributed by atoms with Gasteiger partial charge in [0, 0.05) is 32.3 Å². The van der Waals surface area contributed by atoms with Crippen LogP contribution in [0.5, 0.6) is 0 Å². The molecule has 2 fully saturated rings. The van der Waals surface area contributed by atoms with E-state index in [4.69, 9.17) is 9.15 Å².